The van der Waals surface area contributed by atoms with E-state index >= 15 is 0 Å². The number of anilines is 1. The largest absolute Gasteiger partial charge is 0.444 e. The van der Waals surface area contributed by atoms with Gasteiger partial charge in [0.2, 0.25) is 6.39 Å². The number of carbonyl (C=O) groups excluding carboxylic acids is 1. The molecule has 0 aliphatic carbocycles. The van der Waals surface area contributed by atoms with Crippen molar-refractivity contribution in [3.05, 3.63) is 72.4 Å². The van der Waals surface area contributed by atoms with Crippen LogP contribution in [0.4, 0.5) is 10.5 Å². The molecule has 0 spiro atoms. The third-order valence-electron chi connectivity index (χ3n) is 3.10. The van der Waals surface area contributed by atoms with Gasteiger partial charge in [-0.1, -0.05) is 47.6 Å². The van der Waals surface area contributed by atoms with Crippen LogP contribution in [0.5, 0.6) is 0 Å². The Balaban J connectivity index is 1.57. The van der Waals surface area contributed by atoms with E-state index in [0.29, 0.717) is 17.3 Å². The Morgan fingerprint density at radius 1 is 1.12 bits per heavy atom. The Bertz CT molecular complexity index is 779. The molecule has 122 valence electrons. The summed E-state index contributed by atoms with van der Waals surface area (Å²) in [6, 6.07) is 17.0. The molecule has 0 saturated carbocycles. The number of rotatable bonds is 6. The molecule has 6 nitrogen and oxygen atoms in total. The van der Waals surface area contributed by atoms with Crippen LogP contribution < -0.4 is 5.32 Å². The average molecular weight is 341 g/mol. The van der Waals surface area contributed by atoms with Gasteiger partial charge in [0.05, 0.1) is 11.4 Å². The summed E-state index contributed by atoms with van der Waals surface area (Å²) >= 11 is 1.51. The Morgan fingerprint density at radius 2 is 1.92 bits per heavy atom. The molecule has 0 radical (unpaired) electrons. The van der Waals surface area contributed by atoms with Gasteiger partial charge in [-0.05, 0) is 17.7 Å². The van der Waals surface area contributed by atoms with Crippen molar-refractivity contribution in [1.29, 1.82) is 0 Å². The first-order chi connectivity index (χ1) is 11.8. The fourth-order valence-electron chi connectivity index (χ4n) is 1.96. The smallest absolute Gasteiger partial charge is 0.411 e. The molecule has 1 N–H and O–H groups in total. The molecule has 0 atom stereocenters. The summed E-state index contributed by atoms with van der Waals surface area (Å²) in [6.07, 6.45) is 0.799. The Hall–Kier alpha value is -2.80. The fraction of sp³-hybridized carbons (Fsp3) is 0.118. The van der Waals surface area contributed by atoms with Crippen molar-refractivity contribution in [2.75, 3.05) is 5.32 Å². The number of para-hydroxylation sites is 1. The van der Waals surface area contributed by atoms with Gasteiger partial charge in [-0.2, -0.15) is 4.98 Å². The molecule has 0 aliphatic heterocycles. The van der Waals surface area contributed by atoms with E-state index in [1.165, 1.54) is 18.2 Å². The number of benzene rings is 2. The van der Waals surface area contributed by atoms with E-state index in [1.807, 2.05) is 54.6 Å². The molecule has 7 heteroatoms. The first-order valence-electron chi connectivity index (χ1n) is 7.26. The first-order valence-corrected chi connectivity index (χ1v) is 8.24. The molecule has 3 rings (SSSR count). The number of nitrogens with one attached hydrogen (secondary N) is 1. The molecule has 1 aromatic heterocycles. The van der Waals surface area contributed by atoms with Crippen molar-refractivity contribution >= 4 is 23.5 Å². The van der Waals surface area contributed by atoms with Crippen LogP contribution in [0.2, 0.25) is 0 Å². The molecule has 24 heavy (non-hydrogen) atoms. The van der Waals surface area contributed by atoms with Crippen molar-refractivity contribution in [3.63, 3.8) is 0 Å². The maximum Gasteiger partial charge on any atom is 0.411 e. The molecular formula is C17H15N3O3S. The number of aromatic nitrogens is 2. The summed E-state index contributed by atoms with van der Waals surface area (Å²) < 4.78 is 9.95. The van der Waals surface area contributed by atoms with Crippen molar-refractivity contribution in [2.45, 2.75) is 17.3 Å². The lowest BCUT2D eigenvalue weighted by Gasteiger charge is -2.10. The summed E-state index contributed by atoms with van der Waals surface area (Å²) in [5.74, 6) is 1.15. The van der Waals surface area contributed by atoms with E-state index in [2.05, 4.69) is 15.5 Å². The minimum Gasteiger partial charge on any atom is -0.444 e. The summed E-state index contributed by atoms with van der Waals surface area (Å²) in [6.45, 7) is 0.227. The van der Waals surface area contributed by atoms with Crippen LogP contribution in [0.3, 0.4) is 0 Å². The minimum atomic E-state index is -0.494. The quantitative estimate of drug-likeness (QED) is 0.680. The maximum atomic E-state index is 12.0. The number of nitrogens with zero attached hydrogens (tertiary/aromatic N) is 2. The number of ether oxygens (including phenoxy) is 1. The number of amides is 1. The SMILES string of the molecule is O=C(Nc1ccccc1SCc1ncon1)OCc1ccccc1. The maximum absolute atomic E-state index is 12.0. The molecule has 0 saturated heterocycles. The zero-order valence-corrected chi connectivity index (χ0v) is 13.5. The number of hydrogen-bond acceptors (Lipinski definition) is 6. The predicted molar refractivity (Wildman–Crippen MR) is 90.6 cm³/mol. The molecule has 2 aromatic carbocycles. The summed E-state index contributed by atoms with van der Waals surface area (Å²) in [7, 11) is 0. The third-order valence-corrected chi connectivity index (χ3v) is 4.17. The van der Waals surface area contributed by atoms with Crippen molar-refractivity contribution in [3.8, 4) is 0 Å². The van der Waals surface area contributed by atoms with Crippen molar-refractivity contribution < 1.29 is 14.1 Å². The molecule has 3 aromatic rings. The molecular weight excluding hydrogens is 326 g/mol. The summed E-state index contributed by atoms with van der Waals surface area (Å²) in [5.41, 5.74) is 1.62. The third kappa shape index (κ3) is 4.60. The van der Waals surface area contributed by atoms with Crippen molar-refractivity contribution in [1.82, 2.24) is 10.1 Å². The Labute approximate surface area is 143 Å². The van der Waals surface area contributed by atoms with Crippen LogP contribution in [0, 0.1) is 0 Å². The van der Waals surface area contributed by atoms with E-state index in [0.717, 1.165) is 10.5 Å². The van der Waals surface area contributed by atoms with Gasteiger partial charge < -0.3 is 9.26 Å². The summed E-state index contributed by atoms with van der Waals surface area (Å²) in [5, 5.41) is 6.53. The van der Waals surface area contributed by atoms with Crippen LogP contribution in [0.25, 0.3) is 0 Å². The number of carbonyl (C=O) groups is 1. The average Bonchev–Trinajstić information content (AvgIpc) is 3.14. The van der Waals surface area contributed by atoms with Gasteiger partial charge in [0.25, 0.3) is 0 Å². The topological polar surface area (TPSA) is 77.3 Å². The second kappa shape index (κ2) is 8.16. The zero-order chi connectivity index (χ0) is 16.6. The van der Waals surface area contributed by atoms with Gasteiger partial charge in [-0.15, -0.1) is 11.8 Å². The normalized spacial score (nSPS) is 10.3. The van der Waals surface area contributed by atoms with Crippen LogP contribution in [0.1, 0.15) is 11.4 Å². The van der Waals surface area contributed by atoms with Gasteiger partial charge >= 0.3 is 6.09 Å². The van der Waals surface area contributed by atoms with Crippen LogP contribution in [-0.4, -0.2) is 16.2 Å². The lowest BCUT2D eigenvalue weighted by molar-refractivity contribution is 0.155. The lowest BCUT2D eigenvalue weighted by Crippen LogP contribution is -2.14. The lowest BCUT2D eigenvalue weighted by atomic mass is 10.2. The summed E-state index contributed by atoms with van der Waals surface area (Å²) in [4.78, 5) is 16.9. The van der Waals surface area contributed by atoms with Gasteiger partial charge in [0.15, 0.2) is 5.82 Å². The highest BCUT2D eigenvalue weighted by Crippen LogP contribution is 2.29. The monoisotopic (exact) mass is 341 g/mol. The minimum absolute atomic E-state index is 0.227. The Kier molecular flexibility index (Phi) is 5.47. The highest BCUT2D eigenvalue weighted by molar-refractivity contribution is 7.98. The second-order valence-corrected chi connectivity index (χ2v) is 5.84. The predicted octanol–water partition coefficient (Wildman–Crippen LogP) is 4.11. The molecule has 0 unspecified atom stereocenters. The molecule has 0 aliphatic rings. The van der Waals surface area contributed by atoms with E-state index in [-0.39, 0.29) is 6.61 Å². The highest BCUT2D eigenvalue weighted by Gasteiger charge is 2.09. The number of hydrogen-bond donors (Lipinski definition) is 1. The number of thioether (sulfide) groups is 1. The second-order valence-electron chi connectivity index (χ2n) is 4.82. The van der Waals surface area contributed by atoms with Gasteiger partial charge in [-0.25, -0.2) is 4.79 Å². The molecule has 0 fully saturated rings. The van der Waals surface area contributed by atoms with Crippen LogP contribution in [-0.2, 0) is 17.1 Å². The van der Waals surface area contributed by atoms with E-state index in [9.17, 15) is 4.79 Å². The standard InChI is InChI=1S/C17H15N3O3S/c21-17(22-10-13-6-2-1-3-7-13)19-14-8-4-5-9-15(14)24-11-16-18-12-23-20-16/h1-9,12H,10-11H2,(H,19,21). The van der Waals surface area contributed by atoms with Gasteiger partial charge in [0.1, 0.15) is 6.61 Å². The van der Waals surface area contributed by atoms with E-state index < -0.39 is 6.09 Å². The van der Waals surface area contributed by atoms with Crippen LogP contribution >= 0.6 is 11.8 Å². The van der Waals surface area contributed by atoms with E-state index in [1.54, 1.807) is 0 Å². The molecule has 1 heterocycles. The van der Waals surface area contributed by atoms with Gasteiger partial charge in [-0.3, -0.25) is 5.32 Å². The van der Waals surface area contributed by atoms with Crippen molar-refractivity contribution in [2.24, 2.45) is 0 Å². The van der Waals surface area contributed by atoms with Crippen LogP contribution in [0.15, 0.2) is 70.4 Å². The first kappa shape index (κ1) is 16.1. The zero-order valence-electron chi connectivity index (χ0n) is 12.7. The Morgan fingerprint density at radius 3 is 2.71 bits per heavy atom. The van der Waals surface area contributed by atoms with Gasteiger partial charge in [0, 0.05) is 4.90 Å². The highest BCUT2D eigenvalue weighted by atomic mass is 32.2. The fourth-order valence-corrected chi connectivity index (χ4v) is 2.82. The molecule has 1 amide bonds. The molecule has 0 bridgehead atoms. The van der Waals surface area contributed by atoms with E-state index in [4.69, 9.17) is 9.26 Å².